The summed E-state index contributed by atoms with van der Waals surface area (Å²) in [5.74, 6) is -1.33. The van der Waals surface area contributed by atoms with Gasteiger partial charge in [-0.2, -0.15) is 4.99 Å². The van der Waals surface area contributed by atoms with Crippen molar-refractivity contribution in [1.82, 2.24) is 0 Å². The third-order valence-corrected chi connectivity index (χ3v) is 3.63. The van der Waals surface area contributed by atoms with Crippen molar-refractivity contribution in [2.24, 2.45) is 21.6 Å². The first-order valence-electron chi connectivity index (χ1n) is 4.28. The van der Waals surface area contributed by atoms with Gasteiger partial charge in [-0.05, 0) is 12.1 Å². The summed E-state index contributed by atoms with van der Waals surface area (Å²) in [6.07, 6.45) is 0. The topological polar surface area (TPSA) is 142 Å². The molecule has 0 spiro atoms. The minimum Gasteiger partial charge on any atom is -0.370 e. The summed E-state index contributed by atoms with van der Waals surface area (Å²) in [6.45, 7) is 0. The van der Waals surface area contributed by atoms with Crippen LogP contribution in [0.3, 0.4) is 0 Å². The molecule has 0 unspecified atom stereocenters. The van der Waals surface area contributed by atoms with Crippen LogP contribution in [-0.4, -0.2) is 20.3 Å². The molecule has 0 fully saturated rings. The number of guanidine groups is 1. The maximum atomic E-state index is 11.5. The van der Waals surface area contributed by atoms with Gasteiger partial charge in [0, 0.05) is 5.56 Å². The van der Waals surface area contributed by atoms with Gasteiger partial charge in [-0.1, -0.05) is 23.2 Å². The largest absolute Gasteiger partial charge is 0.370 e. The monoisotopic (exact) mass is 346 g/mol. The van der Waals surface area contributed by atoms with E-state index in [2.05, 4.69) is 4.99 Å². The number of sulfonamides is 1. The fourth-order valence-corrected chi connectivity index (χ4v) is 2.43. The van der Waals surface area contributed by atoms with Crippen molar-refractivity contribution in [1.29, 1.82) is 0 Å². The van der Waals surface area contributed by atoms with Gasteiger partial charge >= 0.3 is 0 Å². The fourth-order valence-electron chi connectivity index (χ4n) is 1.08. The number of nitrogens with two attached hydrogens (primary N) is 3. The third kappa shape index (κ3) is 4.51. The van der Waals surface area contributed by atoms with Gasteiger partial charge in [-0.25, -0.2) is 13.6 Å². The van der Waals surface area contributed by atoms with Gasteiger partial charge in [0.25, 0.3) is 5.91 Å². The molecule has 19 heavy (non-hydrogen) atoms. The lowest BCUT2D eigenvalue weighted by molar-refractivity contribution is 0.100. The molecular formula is C8H9Cl3N4O3S. The Labute approximate surface area is 125 Å². The summed E-state index contributed by atoms with van der Waals surface area (Å²) >= 11 is 11.4. The average molecular weight is 348 g/mol. The number of carbonyl (C=O) groups is 1. The Morgan fingerprint density at radius 3 is 2.16 bits per heavy atom. The lowest BCUT2D eigenvalue weighted by atomic mass is 10.2. The molecule has 0 atom stereocenters. The van der Waals surface area contributed by atoms with Crippen LogP contribution in [0.25, 0.3) is 0 Å². The second kappa shape index (κ2) is 6.40. The Morgan fingerprint density at radius 2 is 1.74 bits per heavy atom. The number of aliphatic imine (C=N–C) groups is 1. The predicted molar refractivity (Wildman–Crippen MR) is 75.2 cm³/mol. The van der Waals surface area contributed by atoms with Crippen LogP contribution < -0.4 is 16.6 Å². The Bertz CT molecular complexity index is 641. The van der Waals surface area contributed by atoms with Crippen LogP contribution in [0, 0.1) is 0 Å². The summed E-state index contributed by atoms with van der Waals surface area (Å²) in [6, 6.07) is 2.08. The van der Waals surface area contributed by atoms with Gasteiger partial charge in [0.15, 0.2) is 5.96 Å². The number of halogens is 3. The second-order valence-corrected chi connectivity index (χ2v) is 5.47. The summed E-state index contributed by atoms with van der Waals surface area (Å²) in [5, 5.41) is 4.50. The number of amides is 1. The zero-order chi connectivity index (χ0) is 14.1. The highest BCUT2D eigenvalue weighted by atomic mass is 35.5. The number of carbonyl (C=O) groups excluding carboxylic acids is 1. The second-order valence-electron chi connectivity index (χ2n) is 3.16. The maximum Gasteiger partial charge on any atom is 0.280 e. The molecule has 0 saturated heterocycles. The van der Waals surface area contributed by atoms with Gasteiger partial charge in [0.1, 0.15) is 4.90 Å². The van der Waals surface area contributed by atoms with E-state index in [4.69, 9.17) is 39.8 Å². The van der Waals surface area contributed by atoms with E-state index in [1.165, 1.54) is 0 Å². The SMILES string of the molecule is Cl.NC(N)=NC(=O)c1cc(Cl)c(Cl)c(S(N)(=O)=O)c1. The predicted octanol–water partition coefficient (Wildman–Crippen LogP) is 0.476. The zero-order valence-corrected chi connectivity index (χ0v) is 12.3. The molecule has 6 N–H and O–H groups in total. The molecule has 1 amide bonds. The standard InChI is InChI=1S/C8H8Cl2N4O3S.ClH/c9-4-1-3(7(15)14-8(11)12)2-5(6(4)10)18(13,16)17;/h1-2H,(H2,13,16,17)(H4,11,12,14,15);1H. The van der Waals surface area contributed by atoms with Gasteiger partial charge in [0.05, 0.1) is 10.0 Å². The van der Waals surface area contributed by atoms with E-state index in [-0.39, 0.29) is 28.0 Å². The molecule has 1 rings (SSSR count). The lowest BCUT2D eigenvalue weighted by Gasteiger charge is -2.06. The summed E-state index contributed by atoms with van der Waals surface area (Å²) < 4.78 is 22.5. The molecule has 0 aromatic heterocycles. The molecule has 11 heteroatoms. The highest BCUT2D eigenvalue weighted by molar-refractivity contribution is 7.89. The number of benzene rings is 1. The number of rotatable bonds is 2. The van der Waals surface area contributed by atoms with Crippen LogP contribution in [0.4, 0.5) is 0 Å². The van der Waals surface area contributed by atoms with Crippen molar-refractivity contribution >= 4 is 57.5 Å². The summed E-state index contributed by atoms with van der Waals surface area (Å²) in [4.78, 5) is 14.3. The number of nitrogens with zero attached hydrogens (tertiary/aromatic N) is 1. The Hall–Kier alpha value is -1.06. The van der Waals surface area contributed by atoms with E-state index >= 15 is 0 Å². The van der Waals surface area contributed by atoms with E-state index in [1.54, 1.807) is 0 Å². The van der Waals surface area contributed by atoms with Crippen LogP contribution in [0.2, 0.25) is 10.0 Å². The minimum atomic E-state index is -4.12. The molecule has 1 aromatic rings. The number of hydrogen-bond donors (Lipinski definition) is 3. The van der Waals surface area contributed by atoms with E-state index in [0.29, 0.717) is 0 Å². The number of hydrogen-bond acceptors (Lipinski definition) is 3. The first-order valence-corrected chi connectivity index (χ1v) is 6.59. The molecule has 0 radical (unpaired) electrons. The third-order valence-electron chi connectivity index (χ3n) is 1.78. The molecule has 7 nitrogen and oxygen atoms in total. The number of primary sulfonamides is 1. The maximum absolute atomic E-state index is 11.5. The van der Waals surface area contributed by atoms with Crippen molar-refractivity contribution in [3.05, 3.63) is 27.7 Å². The van der Waals surface area contributed by atoms with Gasteiger partial charge in [-0.3, -0.25) is 4.79 Å². The Balaban J connectivity index is 0.00000324. The fraction of sp³-hybridized carbons (Fsp3) is 0. The molecular weight excluding hydrogens is 339 g/mol. The van der Waals surface area contributed by atoms with Crippen molar-refractivity contribution < 1.29 is 13.2 Å². The van der Waals surface area contributed by atoms with Gasteiger partial charge < -0.3 is 11.5 Å². The van der Waals surface area contributed by atoms with Crippen molar-refractivity contribution in [3.63, 3.8) is 0 Å². The summed E-state index contributed by atoms with van der Waals surface area (Å²) in [7, 11) is -4.12. The van der Waals surface area contributed by atoms with Gasteiger partial charge in [0.2, 0.25) is 10.0 Å². The highest BCUT2D eigenvalue weighted by Crippen LogP contribution is 2.30. The first kappa shape index (κ1) is 17.9. The van der Waals surface area contributed by atoms with Crippen LogP contribution in [-0.2, 0) is 10.0 Å². The first-order chi connectivity index (χ1) is 8.12. The molecule has 1 aromatic carbocycles. The smallest absolute Gasteiger partial charge is 0.280 e. The zero-order valence-electron chi connectivity index (χ0n) is 9.13. The van der Waals surface area contributed by atoms with Gasteiger partial charge in [-0.15, -0.1) is 12.4 Å². The normalized spacial score (nSPS) is 10.5. The van der Waals surface area contributed by atoms with Crippen molar-refractivity contribution in [2.75, 3.05) is 0 Å². The molecule has 106 valence electrons. The lowest BCUT2D eigenvalue weighted by Crippen LogP contribution is -2.24. The van der Waals surface area contributed by atoms with E-state index in [0.717, 1.165) is 12.1 Å². The Kier molecular flexibility index (Phi) is 6.04. The molecule has 0 saturated carbocycles. The molecule has 0 aliphatic carbocycles. The van der Waals surface area contributed by atoms with Crippen molar-refractivity contribution in [2.45, 2.75) is 4.90 Å². The van der Waals surface area contributed by atoms with Crippen LogP contribution in [0.15, 0.2) is 22.0 Å². The molecule has 0 bridgehead atoms. The van der Waals surface area contributed by atoms with Crippen LogP contribution in [0.1, 0.15) is 10.4 Å². The van der Waals surface area contributed by atoms with Crippen molar-refractivity contribution in [3.8, 4) is 0 Å². The highest BCUT2D eigenvalue weighted by Gasteiger charge is 2.19. The quantitative estimate of drug-likeness (QED) is 0.527. The van der Waals surface area contributed by atoms with E-state index in [9.17, 15) is 13.2 Å². The van der Waals surface area contributed by atoms with E-state index < -0.39 is 26.8 Å². The van der Waals surface area contributed by atoms with Crippen LogP contribution >= 0.6 is 35.6 Å². The molecule has 0 heterocycles. The Morgan fingerprint density at radius 1 is 1.21 bits per heavy atom. The van der Waals surface area contributed by atoms with Crippen LogP contribution in [0.5, 0.6) is 0 Å². The molecule has 0 aliphatic heterocycles. The van der Waals surface area contributed by atoms with E-state index in [1.807, 2.05) is 0 Å². The molecule has 0 aliphatic rings. The summed E-state index contributed by atoms with van der Waals surface area (Å²) in [5.41, 5.74) is 9.90. The minimum absolute atomic E-state index is 0. The average Bonchev–Trinajstić information content (AvgIpc) is 2.18.